The number of aromatic nitrogens is 2. The summed E-state index contributed by atoms with van der Waals surface area (Å²) in [6.07, 6.45) is 0. The van der Waals surface area contributed by atoms with Crippen LogP contribution in [-0.2, 0) is 0 Å². The Morgan fingerprint density at radius 3 is 1.56 bits per heavy atom. The molecule has 16 heavy (non-hydrogen) atoms. The summed E-state index contributed by atoms with van der Waals surface area (Å²) in [6.45, 7) is 0. The van der Waals surface area contributed by atoms with Crippen LogP contribution in [0.5, 0.6) is 0 Å². The third-order valence-electron chi connectivity index (χ3n) is 2.38. The smallest absolute Gasteiger partial charge is 0.161 e. The van der Waals surface area contributed by atoms with Crippen molar-refractivity contribution < 1.29 is 8.78 Å². The predicted molar refractivity (Wildman–Crippen MR) is 57.0 cm³/mol. The Bertz CT molecular complexity index is 635. The Morgan fingerprint density at radius 2 is 1.12 bits per heavy atom. The molecular formula is C12H6F2N2. The summed E-state index contributed by atoms with van der Waals surface area (Å²) in [7, 11) is 0. The van der Waals surface area contributed by atoms with Gasteiger partial charge >= 0.3 is 0 Å². The van der Waals surface area contributed by atoms with Crippen molar-refractivity contribution in [3.63, 3.8) is 0 Å². The molecular weight excluding hydrogens is 210 g/mol. The molecule has 2 aromatic carbocycles. The van der Waals surface area contributed by atoms with E-state index in [2.05, 4.69) is 9.97 Å². The molecule has 4 heteroatoms. The summed E-state index contributed by atoms with van der Waals surface area (Å²) >= 11 is 0. The Hall–Kier alpha value is -2.10. The van der Waals surface area contributed by atoms with E-state index in [1.54, 1.807) is 12.1 Å². The normalized spacial score (nSPS) is 11.1. The van der Waals surface area contributed by atoms with Crippen LogP contribution in [-0.4, -0.2) is 9.97 Å². The van der Waals surface area contributed by atoms with Gasteiger partial charge in [-0.05, 0) is 12.1 Å². The Morgan fingerprint density at radius 1 is 0.688 bits per heavy atom. The molecule has 0 bridgehead atoms. The van der Waals surface area contributed by atoms with Gasteiger partial charge in [-0.2, -0.15) is 0 Å². The van der Waals surface area contributed by atoms with Crippen LogP contribution in [0.4, 0.5) is 8.78 Å². The molecule has 78 valence electrons. The number of hydrogen-bond donors (Lipinski definition) is 0. The van der Waals surface area contributed by atoms with E-state index in [9.17, 15) is 8.78 Å². The molecule has 1 heterocycles. The summed E-state index contributed by atoms with van der Waals surface area (Å²) in [5.74, 6) is -1.81. The lowest BCUT2D eigenvalue weighted by molar-refractivity contribution is 0.510. The Labute approximate surface area is 89.6 Å². The maximum atomic E-state index is 13.0. The van der Waals surface area contributed by atoms with Crippen LogP contribution >= 0.6 is 0 Å². The highest BCUT2D eigenvalue weighted by Crippen LogP contribution is 2.18. The summed E-state index contributed by atoms with van der Waals surface area (Å²) < 4.78 is 26.0. The fourth-order valence-electron chi connectivity index (χ4n) is 1.62. The lowest BCUT2D eigenvalue weighted by Gasteiger charge is -2.01. The predicted octanol–water partition coefficient (Wildman–Crippen LogP) is 3.06. The van der Waals surface area contributed by atoms with Crippen LogP contribution in [0.2, 0.25) is 0 Å². The molecule has 0 aliphatic heterocycles. The number of fused-ring (bicyclic) bond motifs is 2. The number of hydrogen-bond acceptors (Lipinski definition) is 2. The van der Waals surface area contributed by atoms with Crippen LogP contribution in [0.1, 0.15) is 0 Å². The number of rotatable bonds is 0. The highest BCUT2D eigenvalue weighted by molar-refractivity contribution is 5.86. The van der Waals surface area contributed by atoms with Gasteiger partial charge in [0.25, 0.3) is 0 Å². The molecule has 3 aromatic rings. The van der Waals surface area contributed by atoms with Gasteiger partial charge < -0.3 is 0 Å². The molecule has 0 N–H and O–H groups in total. The van der Waals surface area contributed by atoms with Crippen molar-refractivity contribution in [3.8, 4) is 0 Å². The van der Waals surface area contributed by atoms with E-state index < -0.39 is 11.6 Å². The van der Waals surface area contributed by atoms with Crippen molar-refractivity contribution in [2.24, 2.45) is 0 Å². The molecule has 0 spiro atoms. The first-order valence-electron chi connectivity index (χ1n) is 4.75. The minimum Gasteiger partial charge on any atom is -0.244 e. The van der Waals surface area contributed by atoms with Gasteiger partial charge in [0, 0.05) is 12.1 Å². The summed E-state index contributed by atoms with van der Waals surface area (Å²) in [5, 5.41) is 0. The van der Waals surface area contributed by atoms with E-state index in [-0.39, 0.29) is 0 Å². The number of para-hydroxylation sites is 2. The lowest BCUT2D eigenvalue weighted by Crippen LogP contribution is -1.91. The zero-order chi connectivity index (χ0) is 11.1. The standard InChI is InChI=1S/C12H6F2N2/c13-7-5-11-12(6-8(7)14)16-10-4-2-1-3-9(10)15-11/h1-6H. The third-order valence-corrected chi connectivity index (χ3v) is 2.38. The van der Waals surface area contributed by atoms with E-state index in [1.165, 1.54) is 0 Å². The quantitative estimate of drug-likeness (QED) is 0.540. The van der Waals surface area contributed by atoms with Crippen molar-refractivity contribution in [1.29, 1.82) is 0 Å². The monoisotopic (exact) mass is 216 g/mol. The van der Waals surface area contributed by atoms with E-state index in [0.29, 0.717) is 22.1 Å². The van der Waals surface area contributed by atoms with E-state index in [4.69, 9.17) is 0 Å². The van der Waals surface area contributed by atoms with E-state index in [0.717, 1.165) is 12.1 Å². The molecule has 2 nitrogen and oxygen atoms in total. The van der Waals surface area contributed by atoms with Gasteiger partial charge in [-0.1, -0.05) is 12.1 Å². The zero-order valence-electron chi connectivity index (χ0n) is 8.11. The molecule has 3 rings (SSSR count). The molecule has 0 radical (unpaired) electrons. The molecule has 0 saturated heterocycles. The first-order valence-corrected chi connectivity index (χ1v) is 4.75. The fraction of sp³-hybridized carbons (Fsp3) is 0. The average Bonchev–Trinajstić information content (AvgIpc) is 2.28. The molecule has 0 amide bonds. The second-order valence-electron chi connectivity index (χ2n) is 3.47. The Kier molecular flexibility index (Phi) is 1.83. The van der Waals surface area contributed by atoms with Gasteiger partial charge in [-0.25, -0.2) is 18.7 Å². The van der Waals surface area contributed by atoms with E-state index in [1.807, 2.05) is 12.1 Å². The molecule has 0 saturated carbocycles. The average molecular weight is 216 g/mol. The van der Waals surface area contributed by atoms with Gasteiger partial charge in [-0.3, -0.25) is 0 Å². The van der Waals surface area contributed by atoms with Crippen LogP contribution in [0, 0.1) is 11.6 Å². The maximum Gasteiger partial charge on any atom is 0.161 e. The summed E-state index contributed by atoms with van der Waals surface area (Å²) in [4.78, 5) is 8.42. The number of halogens is 2. The van der Waals surface area contributed by atoms with Crippen molar-refractivity contribution >= 4 is 22.1 Å². The zero-order valence-corrected chi connectivity index (χ0v) is 8.11. The highest BCUT2D eigenvalue weighted by atomic mass is 19.2. The summed E-state index contributed by atoms with van der Waals surface area (Å²) in [5.41, 5.74) is 2.05. The molecule has 0 unspecified atom stereocenters. The lowest BCUT2D eigenvalue weighted by atomic mass is 10.2. The molecule has 0 aliphatic rings. The second-order valence-corrected chi connectivity index (χ2v) is 3.47. The van der Waals surface area contributed by atoms with Crippen LogP contribution in [0.3, 0.4) is 0 Å². The largest absolute Gasteiger partial charge is 0.244 e. The topological polar surface area (TPSA) is 25.8 Å². The fourth-order valence-corrected chi connectivity index (χ4v) is 1.62. The van der Waals surface area contributed by atoms with Crippen LogP contribution in [0.25, 0.3) is 22.1 Å². The first-order chi connectivity index (χ1) is 7.74. The molecule has 1 aromatic heterocycles. The molecule has 0 atom stereocenters. The number of nitrogens with zero attached hydrogens (tertiary/aromatic N) is 2. The van der Waals surface area contributed by atoms with Crippen molar-refractivity contribution in [1.82, 2.24) is 9.97 Å². The van der Waals surface area contributed by atoms with Crippen molar-refractivity contribution in [2.45, 2.75) is 0 Å². The van der Waals surface area contributed by atoms with Gasteiger partial charge in [-0.15, -0.1) is 0 Å². The third kappa shape index (κ3) is 1.31. The van der Waals surface area contributed by atoms with Gasteiger partial charge in [0.2, 0.25) is 0 Å². The SMILES string of the molecule is Fc1cc2nc3ccccc3nc2cc1F. The minimum atomic E-state index is -0.905. The van der Waals surface area contributed by atoms with Gasteiger partial charge in [0.1, 0.15) is 0 Å². The van der Waals surface area contributed by atoms with Gasteiger partial charge in [0.05, 0.1) is 22.1 Å². The van der Waals surface area contributed by atoms with E-state index >= 15 is 0 Å². The van der Waals surface area contributed by atoms with Crippen LogP contribution in [0.15, 0.2) is 36.4 Å². The molecule has 0 fully saturated rings. The van der Waals surface area contributed by atoms with Crippen molar-refractivity contribution in [3.05, 3.63) is 48.0 Å². The highest BCUT2D eigenvalue weighted by Gasteiger charge is 2.07. The Balaban J connectivity index is 2.46. The van der Waals surface area contributed by atoms with Crippen molar-refractivity contribution in [2.75, 3.05) is 0 Å². The number of benzene rings is 2. The maximum absolute atomic E-state index is 13.0. The molecule has 0 aliphatic carbocycles. The van der Waals surface area contributed by atoms with Crippen LogP contribution < -0.4 is 0 Å². The minimum absolute atomic E-state index is 0.359. The second kappa shape index (κ2) is 3.20. The first kappa shape index (κ1) is 9.15. The summed E-state index contributed by atoms with van der Waals surface area (Å²) in [6, 6.07) is 9.33. The van der Waals surface area contributed by atoms with Gasteiger partial charge in [0.15, 0.2) is 11.6 Å².